The zero-order valence-electron chi connectivity index (χ0n) is 17.2. The number of nitrogens with zero attached hydrogens (tertiary/aromatic N) is 5. The minimum Gasteiger partial charge on any atom is -0.206 e. The quantitative estimate of drug-likeness (QED) is 0.505. The molecule has 0 N–H and O–H groups in total. The minimum absolute atomic E-state index is 0.148. The van der Waals surface area contributed by atoms with Crippen molar-refractivity contribution in [1.29, 1.82) is 26.3 Å². The third kappa shape index (κ3) is 5.15. The third-order valence-corrected chi connectivity index (χ3v) is 4.68. The summed E-state index contributed by atoms with van der Waals surface area (Å²) in [5.74, 6) is -1.87. The van der Waals surface area contributed by atoms with Crippen molar-refractivity contribution in [2.24, 2.45) is 0 Å². The van der Waals surface area contributed by atoms with Crippen molar-refractivity contribution in [2.45, 2.75) is 18.5 Å². The molecule has 0 heterocycles. The SMILES string of the molecule is N#CC(C#N)=c1c(F)c/c(=C(/C#N)c2cc(C(F)(F)F)c(C#N)c(C(F)(F)F)c2)c(C(F)(F)F)c1C#N. The minimum atomic E-state index is -5.69. The molecule has 0 saturated carbocycles. The Kier molecular flexibility index (Phi) is 7.25. The number of benzene rings is 2. The molecule has 0 aliphatic heterocycles. The Hall–Kier alpha value is -5.07. The van der Waals surface area contributed by atoms with E-state index in [2.05, 4.69) is 0 Å². The number of rotatable bonds is 1. The van der Waals surface area contributed by atoms with Crippen LogP contribution < -0.4 is 10.4 Å². The van der Waals surface area contributed by atoms with Crippen LogP contribution in [0.1, 0.15) is 33.4 Å². The molecule has 37 heavy (non-hydrogen) atoms. The van der Waals surface area contributed by atoms with E-state index in [9.17, 15) is 54.4 Å². The van der Waals surface area contributed by atoms with E-state index in [1.165, 1.54) is 0 Å². The van der Waals surface area contributed by atoms with Crippen LogP contribution in [0.5, 0.6) is 0 Å². The smallest absolute Gasteiger partial charge is 0.206 e. The van der Waals surface area contributed by atoms with Gasteiger partial charge in [0.1, 0.15) is 41.7 Å². The maximum absolute atomic E-state index is 14.8. The second-order valence-electron chi connectivity index (χ2n) is 6.78. The fourth-order valence-electron chi connectivity index (χ4n) is 3.27. The first-order valence-electron chi connectivity index (χ1n) is 8.99. The molecule has 0 unspecified atom stereocenters. The van der Waals surface area contributed by atoms with E-state index in [1.807, 2.05) is 0 Å². The maximum Gasteiger partial charge on any atom is 0.418 e. The molecule has 0 bridgehead atoms. The van der Waals surface area contributed by atoms with Gasteiger partial charge in [-0.1, -0.05) is 0 Å². The second kappa shape index (κ2) is 9.53. The van der Waals surface area contributed by atoms with Crippen molar-refractivity contribution in [3.05, 3.63) is 67.8 Å². The van der Waals surface area contributed by atoms with Gasteiger partial charge in [-0.15, -0.1) is 0 Å². The monoisotopic (exact) mass is 527 g/mol. The van der Waals surface area contributed by atoms with Crippen LogP contribution in [0.25, 0.3) is 11.1 Å². The zero-order chi connectivity index (χ0) is 28.5. The first-order valence-corrected chi connectivity index (χ1v) is 8.99. The van der Waals surface area contributed by atoms with Gasteiger partial charge in [-0.3, -0.25) is 0 Å². The van der Waals surface area contributed by atoms with Gasteiger partial charge < -0.3 is 0 Å². The molecule has 0 spiro atoms. The lowest BCUT2D eigenvalue weighted by Crippen LogP contribution is -2.32. The van der Waals surface area contributed by atoms with Crippen molar-refractivity contribution < 1.29 is 43.9 Å². The van der Waals surface area contributed by atoms with Gasteiger partial charge in [-0.25, -0.2) is 4.39 Å². The molecule has 0 fully saturated rings. The van der Waals surface area contributed by atoms with E-state index in [0.29, 0.717) is 0 Å². The average molecular weight is 527 g/mol. The second-order valence-corrected chi connectivity index (χ2v) is 6.78. The van der Waals surface area contributed by atoms with E-state index in [0.717, 1.165) is 30.3 Å². The molecule has 2 rings (SSSR count). The lowest BCUT2D eigenvalue weighted by Gasteiger charge is -2.17. The Morgan fingerprint density at radius 1 is 0.622 bits per heavy atom. The molecule has 0 saturated heterocycles. The highest BCUT2D eigenvalue weighted by molar-refractivity contribution is 5.80. The summed E-state index contributed by atoms with van der Waals surface area (Å²) in [5, 5.41) is 42.4. The molecule has 0 aliphatic carbocycles. The topological polar surface area (TPSA) is 119 Å². The van der Waals surface area contributed by atoms with Gasteiger partial charge >= 0.3 is 18.5 Å². The number of halogens is 10. The van der Waals surface area contributed by atoms with Crippen molar-refractivity contribution in [3.63, 3.8) is 0 Å². The van der Waals surface area contributed by atoms with Gasteiger partial charge in [0.2, 0.25) is 0 Å². The Morgan fingerprint density at radius 3 is 1.41 bits per heavy atom. The summed E-state index contributed by atoms with van der Waals surface area (Å²) in [4.78, 5) is 0. The average Bonchev–Trinajstić information content (AvgIpc) is 2.78. The largest absolute Gasteiger partial charge is 0.418 e. The molecular formula is C22H3F10N5. The summed E-state index contributed by atoms with van der Waals surface area (Å²) in [6, 6.07) is 4.19. The Morgan fingerprint density at radius 2 is 1.08 bits per heavy atom. The molecule has 0 atom stereocenters. The molecule has 0 amide bonds. The van der Waals surface area contributed by atoms with Crippen LogP contribution in [0.15, 0.2) is 18.2 Å². The number of hydrogen-bond donors (Lipinski definition) is 0. The Bertz CT molecular complexity index is 1590. The summed E-state index contributed by atoms with van der Waals surface area (Å²) in [7, 11) is 0. The predicted octanol–water partition coefficient (Wildman–Crippen LogP) is 4.55. The zero-order valence-corrected chi connectivity index (χ0v) is 17.2. The Balaban J connectivity index is 3.43. The highest BCUT2D eigenvalue weighted by atomic mass is 19.4. The molecule has 0 aromatic heterocycles. The fraction of sp³-hybridized carbons (Fsp3) is 0.136. The molecule has 15 heteroatoms. The first kappa shape index (κ1) is 28.2. The lowest BCUT2D eigenvalue weighted by atomic mass is 9.91. The van der Waals surface area contributed by atoms with Crippen LogP contribution >= 0.6 is 0 Å². The van der Waals surface area contributed by atoms with Gasteiger partial charge in [0.15, 0.2) is 0 Å². The third-order valence-electron chi connectivity index (χ3n) is 4.68. The van der Waals surface area contributed by atoms with Gasteiger partial charge in [0.05, 0.1) is 38.6 Å². The molecule has 2 aromatic rings. The van der Waals surface area contributed by atoms with E-state index in [1.54, 1.807) is 0 Å². The van der Waals surface area contributed by atoms with Gasteiger partial charge in [-0.05, 0) is 23.8 Å². The standard InChI is InChI=1S/C22H3F10N5/c23-17-3-11(19(22(30,31)32)14(8-37)18(17)10(4-33)5-34)12(6-35)9-1-15(20(24,25)26)13(7-36)16(2-9)21(27,28)29/h1-3H/b12-11+. The molecule has 2 aromatic carbocycles. The Labute approximate surface area is 198 Å². The summed E-state index contributed by atoms with van der Waals surface area (Å²) < 4.78 is 138. The highest BCUT2D eigenvalue weighted by Crippen LogP contribution is 2.41. The van der Waals surface area contributed by atoms with Crippen molar-refractivity contribution in [3.8, 4) is 30.3 Å². The predicted molar refractivity (Wildman–Crippen MR) is 99.3 cm³/mol. The van der Waals surface area contributed by atoms with E-state index < -0.39 is 79.3 Å². The number of alkyl halides is 9. The summed E-state index contributed by atoms with van der Waals surface area (Å²) in [6.07, 6.45) is -17.0. The maximum atomic E-state index is 14.8. The van der Waals surface area contributed by atoms with Crippen LogP contribution in [-0.2, 0) is 18.5 Å². The van der Waals surface area contributed by atoms with Crippen LogP contribution in [0.4, 0.5) is 43.9 Å². The summed E-state index contributed by atoms with van der Waals surface area (Å²) in [6.45, 7) is 0. The molecule has 0 aliphatic rings. The van der Waals surface area contributed by atoms with Crippen molar-refractivity contribution >= 4 is 11.1 Å². The van der Waals surface area contributed by atoms with E-state index in [-0.39, 0.29) is 18.2 Å². The molecular weight excluding hydrogens is 524 g/mol. The van der Waals surface area contributed by atoms with E-state index in [4.69, 9.17) is 15.8 Å². The fourth-order valence-corrected chi connectivity index (χ4v) is 3.27. The highest BCUT2D eigenvalue weighted by Gasteiger charge is 2.43. The van der Waals surface area contributed by atoms with Crippen LogP contribution in [0.3, 0.4) is 0 Å². The molecule has 186 valence electrons. The summed E-state index contributed by atoms with van der Waals surface area (Å²) in [5.41, 5.74) is -14.7. The van der Waals surface area contributed by atoms with Gasteiger partial charge in [0.25, 0.3) is 0 Å². The molecule has 5 nitrogen and oxygen atoms in total. The van der Waals surface area contributed by atoms with Crippen molar-refractivity contribution in [2.75, 3.05) is 0 Å². The normalized spacial score (nSPS) is 12.4. The van der Waals surface area contributed by atoms with Gasteiger partial charge in [-0.2, -0.15) is 65.8 Å². The van der Waals surface area contributed by atoms with E-state index >= 15 is 0 Å². The van der Waals surface area contributed by atoms with Crippen LogP contribution in [0.2, 0.25) is 0 Å². The number of nitriles is 5. The summed E-state index contributed by atoms with van der Waals surface area (Å²) >= 11 is 0. The van der Waals surface area contributed by atoms with Crippen LogP contribution in [0, 0.1) is 62.5 Å². The lowest BCUT2D eigenvalue weighted by molar-refractivity contribution is -0.143. The number of hydrogen-bond acceptors (Lipinski definition) is 5. The molecule has 0 radical (unpaired) electrons. The van der Waals surface area contributed by atoms with Crippen LogP contribution in [-0.4, -0.2) is 0 Å². The first-order chi connectivity index (χ1) is 17.0. The van der Waals surface area contributed by atoms with Crippen molar-refractivity contribution in [1.82, 2.24) is 0 Å². The van der Waals surface area contributed by atoms with Gasteiger partial charge in [0, 0.05) is 5.22 Å².